The number of carbonyl (C=O) groups excluding carboxylic acids is 1. The maximum Gasteiger partial charge on any atom is 0.309 e. The largest absolute Gasteiger partial charge is 0.481 e. The van der Waals surface area contributed by atoms with Crippen molar-refractivity contribution in [3.05, 3.63) is 52.7 Å². The molecular weight excluding hydrogens is 494 g/mol. The number of benzene rings is 1. The van der Waals surface area contributed by atoms with Crippen LogP contribution < -0.4 is 5.32 Å². The molecule has 37 heavy (non-hydrogen) atoms. The predicted octanol–water partition coefficient (Wildman–Crippen LogP) is 4.01. The molecule has 5 rings (SSSR count). The summed E-state index contributed by atoms with van der Waals surface area (Å²) < 4.78 is 31.7. The molecule has 10 heteroatoms. The van der Waals surface area contributed by atoms with Gasteiger partial charge >= 0.3 is 5.97 Å². The number of fused-ring (bicyclic) bond motifs is 1. The lowest BCUT2D eigenvalue weighted by Crippen LogP contribution is -2.25. The Morgan fingerprint density at radius 2 is 1.92 bits per heavy atom. The highest BCUT2D eigenvalue weighted by molar-refractivity contribution is 7.69. The maximum absolute atomic E-state index is 12.9. The van der Waals surface area contributed by atoms with Crippen molar-refractivity contribution >= 4 is 33.9 Å². The van der Waals surface area contributed by atoms with Gasteiger partial charge < -0.3 is 14.8 Å². The van der Waals surface area contributed by atoms with Crippen molar-refractivity contribution in [3.63, 3.8) is 0 Å². The average molecular weight is 526 g/mol. The fourth-order valence-corrected chi connectivity index (χ4v) is 5.48. The minimum atomic E-state index is -2.89. The van der Waals surface area contributed by atoms with E-state index in [-0.39, 0.29) is 30.6 Å². The van der Waals surface area contributed by atoms with Gasteiger partial charge in [0.25, 0.3) is 5.91 Å². The van der Waals surface area contributed by atoms with Gasteiger partial charge in [0, 0.05) is 19.2 Å². The summed E-state index contributed by atoms with van der Waals surface area (Å²) in [6.07, 6.45) is 4.16. The van der Waals surface area contributed by atoms with Gasteiger partial charge in [0.15, 0.2) is 0 Å². The first kappa shape index (κ1) is 25.4. The van der Waals surface area contributed by atoms with Crippen molar-refractivity contribution < 1.29 is 27.5 Å². The van der Waals surface area contributed by atoms with Gasteiger partial charge in [0.05, 0.1) is 28.6 Å². The topological polar surface area (TPSA) is 130 Å². The Kier molecular flexibility index (Phi) is 6.80. The normalized spacial score (nSPS) is 16.4. The Morgan fingerprint density at radius 3 is 2.49 bits per heavy atom. The van der Waals surface area contributed by atoms with E-state index in [0.717, 1.165) is 29.5 Å². The molecule has 3 aromatic rings. The summed E-state index contributed by atoms with van der Waals surface area (Å²) in [7, 11) is -1.31. The number of nitrogens with zero attached hydrogens (tertiary/aromatic N) is 2. The van der Waals surface area contributed by atoms with Crippen LogP contribution in [0.1, 0.15) is 71.6 Å². The standard InChI is InChI=1S/C27H31N3O6S/c1-16-4-6-18(7-5-16)23-22(24(31)28-2)20-14-19(17-8-9-17)21(29-25(20)36-23)15-30(37(34)35)13-3-10-27(11-12-27)26(32)33/h4-7,14,17,37H,3,8-13,15H2,1-2H3,(H,28,31)(H,32,33). The first-order valence-electron chi connectivity index (χ1n) is 12.6. The first-order valence-corrected chi connectivity index (χ1v) is 13.7. The van der Waals surface area contributed by atoms with Gasteiger partial charge in [0.2, 0.25) is 16.6 Å². The second-order valence-electron chi connectivity index (χ2n) is 10.2. The van der Waals surface area contributed by atoms with E-state index in [0.29, 0.717) is 48.1 Å². The summed E-state index contributed by atoms with van der Waals surface area (Å²) in [6, 6.07) is 9.62. The summed E-state index contributed by atoms with van der Waals surface area (Å²) in [5.41, 5.74) is 3.40. The number of aliphatic carboxylic acids is 1. The van der Waals surface area contributed by atoms with Crippen molar-refractivity contribution in [2.24, 2.45) is 5.41 Å². The zero-order chi connectivity index (χ0) is 26.3. The molecule has 1 amide bonds. The second-order valence-corrected chi connectivity index (χ2v) is 11.3. The molecule has 1 aromatic carbocycles. The Bertz CT molecular complexity index is 1430. The van der Waals surface area contributed by atoms with Gasteiger partial charge in [-0.15, -0.1) is 0 Å². The lowest BCUT2D eigenvalue weighted by atomic mass is 10.0. The van der Waals surface area contributed by atoms with Crippen molar-refractivity contribution in [1.29, 1.82) is 0 Å². The monoisotopic (exact) mass is 525 g/mol. The molecule has 9 nitrogen and oxygen atoms in total. The highest BCUT2D eigenvalue weighted by Crippen LogP contribution is 2.50. The quantitative estimate of drug-likeness (QED) is 0.323. The van der Waals surface area contributed by atoms with Crippen LogP contribution in [-0.2, 0) is 22.2 Å². The van der Waals surface area contributed by atoms with Crippen molar-refractivity contribution in [2.75, 3.05) is 13.6 Å². The number of thiol groups is 1. The van der Waals surface area contributed by atoms with E-state index in [1.54, 1.807) is 7.05 Å². The summed E-state index contributed by atoms with van der Waals surface area (Å²) in [5.74, 6) is -0.392. The van der Waals surface area contributed by atoms with Crippen LogP contribution in [0.2, 0.25) is 0 Å². The second kappa shape index (κ2) is 9.90. The van der Waals surface area contributed by atoms with Crippen molar-refractivity contribution in [3.8, 4) is 11.3 Å². The van der Waals surface area contributed by atoms with Gasteiger partial charge in [-0.3, -0.25) is 9.59 Å². The maximum atomic E-state index is 12.9. The van der Waals surface area contributed by atoms with Crippen LogP contribution in [0.15, 0.2) is 34.7 Å². The molecule has 196 valence electrons. The molecule has 0 saturated heterocycles. The molecule has 0 unspecified atom stereocenters. The molecule has 2 N–H and O–H groups in total. The van der Waals surface area contributed by atoms with Crippen molar-refractivity contribution in [1.82, 2.24) is 14.6 Å². The van der Waals surface area contributed by atoms with Crippen LogP contribution >= 0.6 is 0 Å². The predicted molar refractivity (Wildman–Crippen MR) is 139 cm³/mol. The van der Waals surface area contributed by atoms with Crippen LogP contribution in [0.5, 0.6) is 0 Å². The minimum Gasteiger partial charge on any atom is -0.481 e. The van der Waals surface area contributed by atoms with Gasteiger partial charge in [-0.1, -0.05) is 29.8 Å². The van der Waals surface area contributed by atoms with Crippen molar-refractivity contribution in [2.45, 2.75) is 57.9 Å². The van der Waals surface area contributed by atoms with Crippen LogP contribution in [-0.4, -0.2) is 48.3 Å². The number of nitrogens with one attached hydrogen (secondary N) is 1. The van der Waals surface area contributed by atoms with Gasteiger partial charge in [-0.25, -0.2) is 13.4 Å². The zero-order valence-electron chi connectivity index (χ0n) is 21.0. The average Bonchev–Trinajstić information content (AvgIpc) is 3.80. The third-order valence-electron chi connectivity index (χ3n) is 7.52. The van der Waals surface area contributed by atoms with Gasteiger partial charge in [0.1, 0.15) is 5.76 Å². The Morgan fingerprint density at radius 1 is 1.22 bits per heavy atom. The summed E-state index contributed by atoms with van der Waals surface area (Å²) in [6.45, 7) is 2.29. The number of carboxylic acids is 1. The molecule has 0 spiro atoms. The number of pyridine rings is 1. The number of carbonyl (C=O) groups is 2. The molecule has 2 fully saturated rings. The fourth-order valence-electron chi connectivity index (χ4n) is 4.92. The first-order chi connectivity index (χ1) is 17.7. The Balaban J connectivity index is 1.49. The van der Waals surface area contributed by atoms with E-state index < -0.39 is 22.3 Å². The number of hydrogen-bond donors (Lipinski definition) is 3. The van der Waals surface area contributed by atoms with E-state index >= 15 is 0 Å². The SMILES string of the molecule is CNC(=O)c1c(-c2ccc(C)cc2)oc2nc(CN(CCCC3(C(=O)O)CC3)[SH](=O)=O)c(C3CC3)cc12. The molecular formula is C27H31N3O6S. The van der Waals surface area contributed by atoms with Gasteiger partial charge in [-0.2, -0.15) is 4.31 Å². The molecule has 0 aliphatic heterocycles. The summed E-state index contributed by atoms with van der Waals surface area (Å²) in [4.78, 5) is 29.1. The third kappa shape index (κ3) is 5.13. The highest BCUT2D eigenvalue weighted by Gasteiger charge is 2.49. The van der Waals surface area contributed by atoms with Crippen LogP contribution in [0, 0.1) is 12.3 Å². The highest BCUT2D eigenvalue weighted by atomic mass is 32.2. The molecule has 2 aliphatic carbocycles. The number of furan rings is 1. The molecule has 0 bridgehead atoms. The molecule has 2 aliphatic rings. The van der Waals surface area contributed by atoms with Crippen LogP contribution in [0.3, 0.4) is 0 Å². The van der Waals surface area contributed by atoms with E-state index in [4.69, 9.17) is 9.40 Å². The molecule has 0 atom stereocenters. The fraction of sp³-hybridized carbons (Fsp3) is 0.444. The van der Waals surface area contributed by atoms with E-state index in [1.807, 2.05) is 37.3 Å². The number of amides is 1. The van der Waals surface area contributed by atoms with E-state index in [1.165, 1.54) is 4.31 Å². The van der Waals surface area contributed by atoms with E-state index in [9.17, 15) is 23.1 Å². The summed E-state index contributed by atoms with van der Waals surface area (Å²) in [5, 5.41) is 12.7. The lowest BCUT2D eigenvalue weighted by Gasteiger charge is -2.18. The van der Waals surface area contributed by atoms with E-state index in [2.05, 4.69) is 5.32 Å². The minimum absolute atomic E-state index is 0.0798. The molecule has 2 aromatic heterocycles. The Labute approximate surface area is 217 Å². The smallest absolute Gasteiger partial charge is 0.309 e. The third-order valence-corrected chi connectivity index (χ3v) is 8.33. The number of aryl methyl sites for hydroxylation is 1. The molecule has 2 heterocycles. The zero-order valence-corrected chi connectivity index (χ0v) is 21.8. The Hall–Kier alpha value is -3.24. The molecule has 2 saturated carbocycles. The summed E-state index contributed by atoms with van der Waals surface area (Å²) >= 11 is 0. The van der Waals surface area contributed by atoms with Crippen LogP contribution in [0.4, 0.5) is 0 Å². The van der Waals surface area contributed by atoms with Crippen LogP contribution in [0.25, 0.3) is 22.4 Å². The number of hydrogen-bond acceptors (Lipinski definition) is 6. The van der Waals surface area contributed by atoms with Gasteiger partial charge in [-0.05, 0) is 63.0 Å². The number of carboxylic acid groups (broad SMARTS) is 1. The number of rotatable bonds is 11. The number of aromatic nitrogens is 1. The molecule has 0 radical (unpaired) electrons. The lowest BCUT2D eigenvalue weighted by molar-refractivity contribution is -0.143.